The minimum absolute atomic E-state index is 0.278. The highest BCUT2D eigenvalue weighted by atomic mass is 35.5. The fourth-order valence-corrected chi connectivity index (χ4v) is 4.33. The average Bonchev–Trinajstić information content (AvgIpc) is 3.12. The lowest BCUT2D eigenvalue weighted by atomic mass is 10.1. The number of amides is 1. The summed E-state index contributed by atoms with van der Waals surface area (Å²) in [5.74, 6) is 0.288. The molecule has 0 saturated heterocycles. The number of ether oxygens (including phenoxy) is 1. The number of rotatable bonds is 7. The number of anilines is 1. The Bertz CT molecular complexity index is 1030. The van der Waals surface area contributed by atoms with Crippen molar-refractivity contribution < 1.29 is 22.7 Å². The van der Waals surface area contributed by atoms with Crippen molar-refractivity contribution in [2.24, 2.45) is 0 Å². The molecule has 1 N–H and O–H groups in total. The number of nitrogens with zero attached hydrogens (tertiary/aromatic N) is 2. The molecule has 0 spiro atoms. The van der Waals surface area contributed by atoms with Crippen LogP contribution in [0.2, 0.25) is 10.0 Å². The van der Waals surface area contributed by atoms with E-state index < -0.39 is 17.6 Å². The van der Waals surface area contributed by atoms with Crippen molar-refractivity contribution in [2.45, 2.75) is 16.3 Å². The Labute approximate surface area is 187 Å². The molecule has 3 aromatic rings. The van der Waals surface area contributed by atoms with E-state index in [2.05, 4.69) is 15.5 Å². The Morgan fingerprint density at radius 3 is 2.53 bits per heavy atom. The highest BCUT2D eigenvalue weighted by Gasteiger charge is 2.29. The number of hydrogen-bond acceptors (Lipinski definition) is 6. The molecule has 5 nitrogen and oxygen atoms in total. The fourth-order valence-electron chi connectivity index (χ4n) is 2.14. The first-order valence-corrected chi connectivity index (χ1v) is 10.8. The molecule has 0 atom stereocenters. The third-order valence-corrected chi connectivity index (χ3v) is 6.12. The maximum absolute atomic E-state index is 12.6. The van der Waals surface area contributed by atoms with Crippen LogP contribution < -0.4 is 10.1 Å². The first-order chi connectivity index (χ1) is 14.2. The van der Waals surface area contributed by atoms with Gasteiger partial charge in [-0.15, -0.1) is 10.2 Å². The van der Waals surface area contributed by atoms with Crippen LogP contribution in [-0.4, -0.2) is 22.7 Å². The van der Waals surface area contributed by atoms with Gasteiger partial charge in [-0.1, -0.05) is 58.4 Å². The van der Waals surface area contributed by atoms with Crippen LogP contribution in [0.5, 0.6) is 5.75 Å². The summed E-state index contributed by atoms with van der Waals surface area (Å²) in [7, 11) is 0. The topological polar surface area (TPSA) is 64.1 Å². The molecule has 0 aliphatic carbocycles. The van der Waals surface area contributed by atoms with E-state index in [0.717, 1.165) is 23.5 Å². The summed E-state index contributed by atoms with van der Waals surface area (Å²) < 4.78 is 43.7. The van der Waals surface area contributed by atoms with Gasteiger partial charge < -0.3 is 4.74 Å². The van der Waals surface area contributed by atoms with Gasteiger partial charge >= 0.3 is 6.18 Å². The van der Waals surface area contributed by atoms with Crippen LogP contribution in [-0.2, 0) is 16.7 Å². The number of thioether (sulfide) groups is 1. The normalized spacial score (nSPS) is 11.4. The Balaban J connectivity index is 1.48. The van der Waals surface area contributed by atoms with E-state index in [-0.39, 0.29) is 16.8 Å². The number of halogens is 5. The largest absolute Gasteiger partial charge is 0.482 e. The fraction of sp³-hybridized carbons (Fsp3) is 0.167. The van der Waals surface area contributed by atoms with Gasteiger partial charge in [-0.25, -0.2) is 0 Å². The van der Waals surface area contributed by atoms with Crippen LogP contribution in [0.25, 0.3) is 0 Å². The van der Waals surface area contributed by atoms with Crippen molar-refractivity contribution in [2.75, 3.05) is 11.9 Å². The van der Waals surface area contributed by atoms with Crippen molar-refractivity contribution in [3.63, 3.8) is 0 Å². The van der Waals surface area contributed by atoms with Gasteiger partial charge in [-0.05, 0) is 35.9 Å². The smallest absolute Gasteiger partial charge is 0.416 e. The van der Waals surface area contributed by atoms with E-state index in [0.29, 0.717) is 26.4 Å². The molecule has 0 saturated carbocycles. The molecule has 0 aliphatic heterocycles. The Morgan fingerprint density at radius 1 is 1.13 bits per heavy atom. The standard InChI is InChI=1S/C18H12Cl2F3N3O2S2/c19-12-5-6-14(13(20)7-12)28-8-15(27)24-16-25-26-17(30-16)29-9-10-1-3-11(4-2-10)18(21,22)23/h1-7H,8-9H2,(H,24,25,27). The number of aromatic nitrogens is 2. The average molecular weight is 494 g/mol. The predicted molar refractivity (Wildman–Crippen MR) is 112 cm³/mol. The SMILES string of the molecule is O=C(COc1ccc(Cl)cc1Cl)Nc1nnc(SCc2ccc(C(F)(F)F)cc2)s1. The van der Waals surface area contributed by atoms with Gasteiger partial charge in [0.15, 0.2) is 10.9 Å². The minimum Gasteiger partial charge on any atom is -0.482 e. The molecule has 30 heavy (non-hydrogen) atoms. The molecule has 0 unspecified atom stereocenters. The van der Waals surface area contributed by atoms with Crippen LogP contribution in [0.4, 0.5) is 18.3 Å². The molecule has 2 aromatic carbocycles. The van der Waals surface area contributed by atoms with E-state index in [4.69, 9.17) is 27.9 Å². The van der Waals surface area contributed by atoms with Gasteiger partial charge in [0.05, 0.1) is 10.6 Å². The molecule has 1 amide bonds. The molecule has 0 bridgehead atoms. The molecule has 0 radical (unpaired) electrons. The van der Waals surface area contributed by atoms with E-state index in [1.54, 1.807) is 12.1 Å². The van der Waals surface area contributed by atoms with Gasteiger partial charge in [0.25, 0.3) is 5.91 Å². The van der Waals surface area contributed by atoms with Crippen molar-refractivity contribution >= 4 is 57.3 Å². The monoisotopic (exact) mass is 493 g/mol. The number of carbonyl (C=O) groups excluding carboxylic acids is 1. The molecule has 158 valence electrons. The maximum atomic E-state index is 12.6. The molecule has 0 aliphatic rings. The van der Waals surface area contributed by atoms with Crippen LogP contribution in [0.15, 0.2) is 46.8 Å². The van der Waals surface area contributed by atoms with Gasteiger partial charge in [-0.3, -0.25) is 10.1 Å². The second-order valence-corrected chi connectivity index (χ2v) is 8.81. The summed E-state index contributed by atoms with van der Waals surface area (Å²) in [6.07, 6.45) is -4.36. The number of carbonyl (C=O) groups is 1. The number of benzene rings is 2. The zero-order valence-corrected chi connectivity index (χ0v) is 18.0. The lowest BCUT2D eigenvalue weighted by Gasteiger charge is -2.07. The highest BCUT2D eigenvalue weighted by Crippen LogP contribution is 2.32. The molecule has 1 heterocycles. The first-order valence-electron chi connectivity index (χ1n) is 8.21. The molecular formula is C18H12Cl2F3N3O2S2. The molecule has 1 aromatic heterocycles. The third-order valence-electron chi connectivity index (χ3n) is 3.55. The zero-order chi connectivity index (χ0) is 21.7. The summed E-state index contributed by atoms with van der Waals surface area (Å²) >= 11 is 14.2. The van der Waals surface area contributed by atoms with Gasteiger partial charge in [0.2, 0.25) is 5.13 Å². The lowest BCUT2D eigenvalue weighted by molar-refractivity contribution is -0.137. The molecular weight excluding hydrogens is 482 g/mol. The van der Waals surface area contributed by atoms with Crippen molar-refractivity contribution in [1.29, 1.82) is 0 Å². The van der Waals surface area contributed by atoms with Crippen LogP contribution in [0.1, 0.15) is 11.1 Å². The van der Waals surface area contributed by atoms with E-state index >= 15 is 0 Å². The quantitative estimate of drug-likeness (QED) is 0.314. The van der Waals surface area contributed by atoms with Crippen LogP contribution >= 0.6 is 46.3 Å². The summed E-state index contributed by atoms with van der Waals surface area (Å²) in [6.45, 7) is -0.283. The third kappa shape index (κ3) is 6.49. The Kier molecular flexibility index (Phi) is 7.45. The van der Waals surface area contributed by atoms with Gasteiger partial charge in [0.1, 0.15) is 5.75 Å². The molecule has 3 rings (SSSR count). The van der Waals surface area contributed by atoms with E-state index in [9.17, 15) is 18.0 Å². The first kappa shape index (κ1) is 22.7. The Hall–Kier alpha value is -2.01. The number of nitrogens with one attached hydrogen (secondary N) is 1. The second-order valence-electron chi connectivity index (χ2n) is 5.77. The van der Waals surface area contributed by atoms with Crippen molar-refractivity contribution in [1.82, 2.24) is 10.2 Å². The number of alkyl halides is 3. The summed E-state index contributed by atoms with van der Waals surface area (Å²) in [4.78, 5) is 12.0. The second kappa shape index (κ2) is 9.86. The van der Waals surface area contributed by atoms with E-state index in [1.165, 1.54) is 30.0 Å². The summed E-state index contributed by atoms with van der Waals surface area (Å²) in [6, 6.07) is 9.55. The van der Waals surface area contributed by atoms with E-state index in [1.807, 2.05) is 0 Å². The maximum Gasteiger partial charge on any atom is 0.416 e. The van der Waals surface area contributed by atoms with Gasteiger partial charge in [-0.2, -0.15) is 13.2 Å². The predicted octanol–water partition coefficient (Wildman–Crippen LogP) is 6.17. The zero-order valence-electron chi connectivity index (χ0n) is 14.9. The van der Waals surface area contributed by atoms with Crippen molar-refractivity contribution in [3.05, 3.63) is 63.6 Å². The Morgan fingerprint density at radius 2 is 1.87 bits per heavy atom. The highest BCUT2D eigenvalue weighted by molar-refractivity contribution is 8.00. The lowest BCUT2D eigenvalue weighted by Crippen LogP contribution is -2.20. The molecule has 12 heteroatoms. The molecule has 0 fully saturated rings. The minimum atomic E-state index is -4.36. The summed E-state index contributed by atoms with van der Waals surface area (Å²) in [5.41, 5.74) is 0.0151. The number of hydrogen-bond donors (Lipinski definition) is 1. The van der Waals surface area contributed by atoms with Crippen LogP contribution in [0, 0.1) is 0 Å². The summed E-state index contributed by atoms with van der Waals surface area (Å²) in [5, 5.41) is 11.4. The van der Waals surface area contributed by atoms with Crippen LogP contribution in [0.3, 0.4) is 0 Å². The van der Waals surface area contributed by atoms with Gasteiger partial charge in [0, 0.05) is 10.8 Å². The van der Waals surface area contributed by atoms with Crippen molar-refractivity contribution in [3.8, 4) is 5.75 Å².